The van der Waals surface area contributed by atoms with Crippen LogP contribution in [0.2, 0.25) is 5.15 Å². The smallest absolute Gasteiger partial charge is 0.221 e. The van der Waals surface area contributed by atoms with Gasteiger partial charge in [0, 0.05) is 6.20 Å². The fourth-order valence-corrected chi connectivity index (χ4v) is 1.24. The van der Waals surface area contributed by atoms with Crippen LogP contribution in [-0.2, 0) is 0 Å². The molecule has 54 valence electrons. The fourth-order valence-electron chi connectivity index (χ4n) is 0.499. The van der Waals surface area contributed by atoms with Crippen molar-refractivity contribution in [2.45, 2.75) is 4.90 Å². The molecule has 5 heteroatoms. The average Bonchev–Trinajstić information content (AvgIpc) is 1.88. The van der Waals surface area contributed by atoms with Crippen LogP contribution in [0, 0.1) is 0 Å². The highest BCUT2D eigenvalue weighted by Crippen LogP contribution is 2.21. The van der Waals surface area contributed by atoms with E-state index in [1.54, 1.807) is 6.20 Å². The Balaban J connectivity index is 3.07. The lowest BCUT2D eigenvalue weighted by molar-refractivity contribution is 1.12. The molecule has 0 bridgehead atoms. The van der Waals surface area contributed by atoms with Crippen LogP contribution in [0.1, 0.15) is 0 Å². The molecule has 0 spiro atoms. The van der Waals surface area contributed by atoms with Crippen LogP contribution in [-0.4, -0.2) is 16.2 Å². The molecule has 10 heavy (non-hydrogen) atoms. The topological polar surface area (TPSA) is 51.8 Å². The second-order valence-corrected chi connectivity index (χ2v) is 2.79. The summed E-state index contributed by atoms with van der Waals surface area (Å²) in [5.74, 6) is 0.211. The lowest BCUT2D eigenvalue weighted by atomic mass is 10.7. The molecule has 0 radical (unpaired) electrons. The van der Waals surface area contributed by atoms with Gasteiger partial charge < -0.3 is 5.73 Å². The highest BCUT2D eigenvalue weighted by molar-refractivity contribution is 7.98. The van der Waals surface area contributed by atoms with Gasteiger partial charge in [0.15, 0.2) is 0 Å². The molecule has 1 aromatic heterocycles. The summed E-state index contributed by atoms with van der Waals surface area (Å²) in [6, 6.07) is 0. The molecule has 0 aliphatic rings. The Labute approximate surface area is 68.0 Å². The van der Waals surface area contributed by atoms with Crippen LogP contribution < -0.4 is 5.73 Å². The van der Waals surface area contributed by atoms with E-state index in [0.29, 0.717) is 5.15 Å². The Bertz CT molecular complexity index is 240. The maximum absolute atomic E-state index is 5.68. The molecule has 0 aromatic carbocycles. The van der Waals surface area contributed by atoms with Crippen LogP contribution in [0.25, 0.3) is 0 Å². The van der Waals surface area contributed by atoms with Crippen molar-refractivity contribution < 1.29 is 0 Å². The van der Waals surface area contributed by atoms with Crippen molar-refractivity contribution in [3.63, 3.8) is 0 Å². The number of nitrogens with zero attached hydrogens (tertiary/aromatic N) is 2. The Kier molecular flexibility index (Phi) is 2.34. The van der Waals surface area contributed by atoms with Crippen LogP contribution in [0.3, 0.4) is 0 Å². The van der Waals surface area contributed by atoms with E-state index in [2.05, 4.69) is 9.97 Å². The van der Waals surface area contributed by atoms with Crippen molar-refractivity contribution in [1.82, 2.24) is 9.97 Å². The molecule has 2 N–H and O–H groups in total. The van der Waals surface area contributed by atoms with Crippen LogP contribution in [0.5, 0.6) is 0 Å². The maximum Gasteiger partial charge on any atom is 0.221 e. The first kappa shape index (κ1) is 7.63. The van der Waals surface area contributed by atoms with Gasteiger partial charge >= 0.3 is 0 Å². The van der Waals surface area contributed by atoms with Crippen LogP contribution in [0.15, 0.2) is 11.1 Å². The molecule has 0 saturated carbocycles. The Morgan fingerprint density at radius 1 is 1.70 bits per heavy atom. The summed E-state index contributed by atoms with van der Waals surface area (Å²) in [5, 5.41) is 0.417. The summed E-state index contributed by atoms with van der Waals surface area (Å²) in [6.07, 6.45) is 3.51. The van der Waals surface area contributed by atoms with Crippen molar-refractivity contribution in [3.8, 4) is 0 Å². The minimum absolute atomic E-state index is 0.211. The van der Waals surface area contributed by atoms with E-state index in [4.69, 9.17) is 17.3 Å². The number of anilines is 1. The highest BCUT2D eigenvalue weighted by atomic mass is 35.5. The number of nitrogens with two attached hydrogens (primary N) is 1. The number of hydrogen-bond donors (Lipinski definition) is 1. The summed E-state index contributed by atoms with van der Waals surface area (Å²) in [5.41, 5.74) is 5.27. The van der Waals surface area contributed by atoms with E-state index >= 15 is 0 Å². The molecular weight excluding hydrogens is 170 g/mol. The van der Waals surface area contributed by atoms with Crippen molar-refractivity contribution in [3.05, 3.63) is 11.3 Å². The van der Waals surface area contributed by atoms with Gasteiger partial charge in [-0.2, -0.15) is 0 Å². The molecule has 0 atom stereocenters. The largest absolute Gasteiger partial charge is 0.368 e. The zero-order valence-electron chi connectivity index (χ0n) is 5.34. The zero-order chi connectivity index (χ0) is 7.56. The predicted molar refractivity (Wildman–Crippen MR) is 43.2 cm³/mol. The van der Waals surface area contributed by atoms with Gasteiger partial charge in [-0.25, -0.2) is 9.97 Å². The van der Waals surface area contributed by atoms with E-state index in [9.17, 15) is 0 Å². The van der Waals surface area contributed by atoms with Gasteiger partial charge in [0.2, 0.25) is 5.95 Å². The SMILES string of the molecule is CSc1cnc(N)nc1Cl. The van der Waals surface area contributed by atoms with E-state index < -0.39 is 0 Å². The van der Waals surface area contributed by atoms with Crippen molar-refractivity contribution >= 4 is 29.3 Å². The minimum Gasteiger partial charge on any atom is -0.368 e. The maximum atomic E-state index is 5.68. The van der Waals surface area contributed by atoms with Gasteiger partial charge in [0.05, 0.1) is 4.90 Å². The van der Waals surface area contributed by atoms with Gasteiger partial charge in [-0.3, -0.25) is 0 Å². The molecule has 1 heterocycles. The second-order valence-electron chi connectivity index (χ2n) is 1.59. The first-order valence-corrected chi connectivity index (χ1v) is 4.16. The quantitative estimate of drug-likeness (QED) is 0.518. The lowest BCUT2D eigenvalue weighted by Crippen LogP contribution is -1.94. The summed E-state index contributed by atoms with van der Waals surface area (Å²) < 4.78 is 0. The van der Waals surface area contributed by atoms with Crippen LogP contribution in [0.4, 0.5) is 5.95 Å². The molecular formula is C5H6ClN3S. The molecule has 0 fully saturated rings. The number of halogens is 1. The lowest BCUT2D eigenvalue weighted by Gasteiger charge is -1.97. The number of rotatable bonds is 1. The van der Waals surface area contributed by atoms with Crippen molar-refractivity contribution in [2.24, 2.45) is 0 Å². The van der Waals surface area contributed by atoms with E-state index in [1.165, 1.54) is 11.8 Å². The summed E-state index contributed by atoms with van der Waals surface area (Å²) in [7, 11) is 0. The first-order valence-electron chi connectivity index (χ1n) is 2.56. The summed E-state index contributed by atoms with van der Waals surface area (Å²) >= 11 is 7.17. The highest BCUT2D eigenvalue weighted by Gasteiger charge is 1.99. The Hall–Kier alpha value is -0.480. The van der Waals surface area contributed by atoms with Crippen LogP contribution >= 0.6 is 23.4 Å². The monoisotopic (exact) mass is 175 g/mol. The number of hydrogen-bond acceptors (Lipinski definition) is 4. The third-order valence-electron chi connectivity index (χ3n) is 0.950. The standard InChI is InChI=1S/C5H6ClN3S/c1-10-3-2-8-5(7)9-4(3)6/h2H,1H3,(H2,7,8,9). The Morgan fingerprint density at radius 3 is 2.90 bits per heavy atom. The minimum atomic E-state index is 0.211. The molecule has 1 rings (SSSR count). The molecule has 0 aliphatic heterocycles. The zero-order valence-corrected chi connectivity index (χ0v) is 6.91. The molecule has 0 amide bonds. The molecule has 0 aliphatic carbocycles. The van der Waals surface area contributed by atoms with Gasteiger partial charge in [-0.15, -0.1) is 11.8 Å². The molecule has 0 saturated heterocycles. The van der Waals surface area contributed by atoms with E-state index in [1.807, 2.05) is 6.26 Å². The first-order chi connectivity index (χ1) is 4.74. The number of thioether (sulfide) groups is 1. The fraction of sp³-hybridized carbons (Fsp3) is 0.200. The Morgan fingerprint density at radius 2 is 2.40 bits per heavy atom. The normalized spacial score (nSPS) is 9.80. The third-order valence-corrected chi connectivity index (χ3v) is 2.09. The number of nitrogen functional groups attached to an aromatic ring is 1. The average molecular weight is 176 g/mol. The molecule has 3 nitrogen and oxygen atoms in total. The predicted octanol–water partition coefficient (Wildman–Crippen LogP) is 1.43. The van der Waals surface area contributed by atoms with Gasteiger partial charge in [-0.05, 0) is 6.26 Å². The van der Waals surface area contributed by atoms with Gasteiger partial charge in [0.25, 0.3) is 0 Å². The van der Waals surface area contributed by atoms with E-state index in [-0.39, 0.29) is 5.95 Å². The number of aromatic nitrogens is 2. The van der Waals surface area contributed by atoms with Crippen molar-refractivity contribution in [1.29, 1.82) is 0 Å². The molecule has 1 aromatic rings. The van der Waals surface area contributed by atoms with Gasteiger partial charge in [-0.1, -0.05) is 11.6 Å². The van der Waals surface area contributed by atoms with Gasteiger partial charge in [0.1, 0.15) is 5.15 Å². The summed E-state index contributed by atoms with van der Waals surface area (Å²) in [6.45, 7) is 0. The third kappa shape index (κ3) is 1.52. The van der Waals surface area contributed by atoms with E-state index in [0.717, 1.165) is 4.90 Å². The second kappa shape index (κ2) is 3.07. The molecule has 0 unspecified atom stereocenters. The summed E-state index contributed by atoms with van der Waals surface area (Å²) in [4.78, 5) is 8.37. The van der Waals surface area contributed by atoms with Crippen molar-refractivity contribution in [2.75, 3.05) is 12.0 Å².